The van der Waals surface area contributed by atoms with Crippen molar-refractivity contribution in [2.24, 2.45) is 0 Å². The second-order valence-corrected chi connectivity index (χ2v) is 6.13. The molecular formula is C10H8F6O3S. The third-order valence-electron chi connectivity index (χ3n) is 2.34. The summed E-state index contributed by atoms with van der Waals surface area (Å²) in [6.45, 7) is 0.725. The van der Waals surface area contributed by atoms with Crippen molar-refractivity contribution in [3.8, 4) is 0 Å². The molecule has 1 rings (SSSR count). The number of benzene rings is 1. The van der Waals surface area contributed by atoms with Gasteiger partial charge in [0.25, 0.3) is 0 Å². The van der Waals surface area contributed by atoms with Crippen LogP contribution in [0.15, 0.2) is 23.1 Å². The van der Waals surface area contributed by atoms with E-state index in [4.69, 9.17) is 5.11 Å². The maximum absolute atomic E-state index is 12.5. The molecule has 3 nitrogen and oxygen atoms in total. The molecule has 0 saturated heterocycles. The molecule has 1 N–H and O–H groups in total. The minimum absolute atomic E-state index is 0.0529. The van der Waals surface area contributed by atoms with Crippen LogP contribution < -0.4 is 0 Å². The van der Waals surface area contributed by atoms with E-state index >= 15 is 0 Å². The average Bonchev–Trinajstić information content (AvgIpc) is 2.25. The summed E-state index contributed by atoms with van der Waals surface area (Å²) < 4.78 is 98.0. The predicted octanol–water partition coefficient (Wildman–Crippen LogP) is 2.84. The molecule has 1 aromatic rings. The summed E-state index contributed by atoms with van der Waals surface area (Å²) in [6.07, 6.45) is -10.3. The molecule has 0 bridgehead atoms. The van der Waals surface area contributed by atoms with Crippen LogP contribution >= 0.6 is 0 Å². The Morgan fingerprint density at radius 2 is 1.30 bits per heavy atom. The van der Waals surface area contributed by atoms with Crippen molar-refractivity contribution in [2.45, 2.75) is 29.6 Å². The first kappa shape index (κ1) is 16.8. The Morgan fingerprint density at radius 3 is 1.55 bits per heavy atom. The van der Waals surface area contributed by atoms with Crippen molar-refractivity contribution in [1.82, 2.24) is 0 Å². The van der Waals surface area contributed by atoms with Crippen LogP contribution in [0.25, 0.3) is 0 Å². The number of hydrogen-bond donors (Lipinski definition) is 1. The third kappa shape index (κ3) is 3.42. The standard InChI is InChI=1S/C10H8F6O3S/c1-5(17)20(18,19)8-3-6(9(11,12)13)2-7(4-8)10(14,15)16/h2-5,17H,1H3. The van der Waals surface area contributed by atoms with Crippen molar-refractivity contribution in [3.05, 3.63) is 29.3 Å². The molecule has 20 heavy (non-hydrogen) atoms. The molecule has 0 saturated carbocycles. The molecule has 0 aliphatic rings. The smallest absolute Gasteiger partial charge is 0.377 e. The summed E-state index contributed by atoms with van der Waals surface area (Å²) in [4.78, 5) is -1.24. The number of aliphatic hydroxyl groups excluding tert-OH is 1. The van der Waals surface area contributed by atoms with Gasteiger partial charge in [0.2, 0.25) is 9.84 Å². The van der Waals surface area contributed by atoms with Gasteiger partial charge >= 0.3 is 12.4 Å². The topological polar surface area (TPSA) is 54.4 Å². The van der Waals surface area contributed by atoms with Gasteiger partial charge in [-0.05, 0) is 25.1 Å². The highest BCUT2D eigenvalue weighted by Crippen LogP contribution is 2.37. The average molecular weight is 322 g/mol. The van der Waals surface area contributed by atoms with Gasteiger partial charge in [-0.15, -0.1) is 0 Å². The van der Waals surface area contributed by atoms with Gasteiger partial charge in [-0.2, -0.15) is 26.3 Å². The maximum atomic E-state index is 12.5. The van der Waals surface area contributed by atoms with Crippen molar-refractivity contribution in [2.75, 3.05) is 0 Å². The zero-order valence-electron chi connectivity index (χ0n) is 9.75. The molecule has 1 unspecified atom stereocenters. The van der Waals surface area contributed by atoms with Crippen LogP contribution in [-0.4, -0.2) is 19.0 Å². The molecule has 114 valence electrons. The zero-order chi connectivity index (χ0) is 15.9. The van der Waals surface area contributed by atoms with E-state index in [0.717, 1.165) is 6.92 Å². The Morgan fingerprint density at radius 1 is 0.950 bits per heavy atom. The molecule has 0 aliphatic carbocycles. The third-order valence-corrected chi connectivity index (χ3v) is 4.13. The predicted molar refractivity (Wildman–Crippen MR) is 55.3 cm³/mol. The number of halogens is 6. The molecular weight excluding hydrogens is 314 g/mol. The van der Waals surface area contributed by atoms with Crippen molar-refractivity contribution >= 4 is 9.84 Å². The normalized spacial score (nSPS) is 15.2. The SMILES string of the molecule is CC(O)S(=O)(=O)c1cc(C(F)(F)F)cc(C(F)(F)F)c1. The lowest BCUT2D eigenvalue weighted by Crippen LogP contribution is -2.19. The lowest BCUT2D eigenvalue weighted by atomic mass is 10.1. The van der Waals surface area contributed by atoms with Gasteiger partial charge in [-0.25, -0.2) is 8.42 Å². The van der Waals surface area contributed by atoms with Crippen molar-refractivity contribution in [3.63, 3.8) is 0 Å². The van der Waals surface area contributed by atoms with Gasteiger partial charge in [0, 0.05) is 0 Å². The highest BCUT2D eigenvalue weighted by atomic mass is 32.2. The minimum Gasteiger partial charge on any atom is -0.377 e. The molecule has 0 radical (unpaired) electrons. The van der Waals surface area contributed by atoms with E-state index in [0.29, 0.717) is 0 Å². The second-order valence-electron chi connectivity index (χ2n) is 3.89. The summed E-state index contributed by atoms with van der Waals surface area (Å²) >= 11 is 0. The lowest BCUT2D eigenvalue weighted by Gasteiger charge is -2.15. The van der Waals surface area contributed by atoms with Crippen LogP contribution in [0.5, 0.6) is 0 Å². The van der Waals surface area contributed by atoms with Crippen molar-refractivity contribution < 1.29 is 39.9 Å². The molecule has 10 heteroatoms. The van der Waals surface area contributed by atoms with Crippen LogP contribution in [0.4, 0.5) is 26.3 Å². The van der Waals surface area contributed by atoms with E-state index in [1.807, 2.05) is 0 Å². The van der Waals surface area contributed by atoms with E-state index in [9.17, 15) is 34.8 Å². The second kappa shape index (κ2) is 4.92. The Hall–Kier alpha value is -1.29. The van der Waals surface area contributed by atoms with E-state index in [1.165, 1.54) is 0 Å². The fraction of sp³-hybridized carbons (Fsp3) is 0.400. The van der Waals surface area contributed by atoms with E-state index in [-0.39, 0.29) is 18.2 Å². The minimum atomic E-state index is -5.15. The molecule has 1 atom stereocenters. The maximum Gasteiger partial charge on any atom is 0.416 e. The van der Waals surface area contributed by atoms with Gasteiger partial charge < -0.3 is 5.11 Å². The molecule has 0 amide bonds. The molecule has 1 aromatic carbocycles. The van der Waals surface area contributed by atoms with Crippen LogP contribution in [0, 0.1) is 0 Å². The molecule has 0 aromatic heterocycles. The van der Waals surface area contributed by atoms with Gasteiger partial charge in [-0.1, -0.05) is 0 Å². The quantitative estimate of drug-likeness (QED) is 0.852. The number of sulfone groups is 1. The van der Waals surface area contributed by atoms with Gasteiger partial charge in [0.05, 0.1) is 16.0 Å². The Labute approximate surface area is 109 Å². The Kier molecular flexibility index (Phi) is 4.12. The van der Waals surface area contributed by atoms with Crippen LogP contribution in [0.3, 0.4) is 0 Å². The van der Waals surface area contributed by atoms with Crippen LogP contribution in [0.1, 0.15) is 18.1 Å². The Bertz CT molecular complexity index is 568. The van der Waals surface area contributed by atoms with Crippen molar-refractivity contribution in [1.29, 1.82) is 0 Å². The largest absolute Gasteiger partial charge is 0.416 e. The Balaban J connectivity index is 3.64. The number of hydrogen-bond acceptors (Lipinski definition) is 3. The summed E-state index contributed by atoms with van der Waals surface area (Å²) in [5.41, 5.74) is -5.65. The first-order chi connectivity index (χ1) is 8.76. The van der Waals surface area contributed by atoms with Gasteiger partial charge in [0.15, 0.2) is 5.44 Å². The van der Waals surface area contributed by atoms with Crippen LogP contribution in [-0.2, 0) is 22.2 Å². The monoisotopic (exact) mass is 322 g/mol. The number of alkyl halides is 6. The molecule has 0 spiro atoms. The van der Waals surface area contributed by atoms with E-state index in [1.54, 1.807) is 0 Å². The van der Waals surface area contributed by atoms with E-state index < -0.39 is 43.6 Å². The zero-order valence-corrected chi connectivity index (χ0v) is 10.6. The summed E-state index contributed by atoms with van der Waals surface area (Å²) in [5, 5.41) is 8.97. The fourth-order valence-electron chi connectivity index (χ4n) is 1.29. The van der Waals surface area contributed by atoms with Gasteiger partial charge in [-0.3, -0.25) is 0 Å². The van der Waals surface area contributed by atoms with E-state index in [2.05, 4.69) is 0 Å². The molecule has 0 heterocycles. The first-order valence-electron chi connectivity index (χ1n) is 4.97. The molecule has 0 fully saturated rings. The van der Waals surface area contributed by atoms with Crippen LogP contribution in [0.2, 0.25) is 0 Å². The number of rotatable bonds is 2. The number of aliphatic hydroxyl groups is 1. The highest BCUT2D eigenvalue weighted by molar-refractivity contribution is 7.91. The summed E-state index contributed by atoms with van der Waals surface area (Å²) in [7, 11) is -4.69. The van der Waals surface area contributed by atoms with Gasteiger partial charge in [0.1, 0.15) is 0 Å². The highest BCUT2D eigenvalue weighted by Gasteiger charge is 2.38. The summed E-state index contributed by atoms with van der Waals surface area (Å²) in [5.74, 6) is 0. The lowest BCUT2D eigenvalue weighted by molar-refractivity contribution is -0.143. The fourth-order valence-corrected chi connectivity index (χ4v) is 2.26. The molecule has 0 aliphatic heterocycles. The first-order valence-corrected chi connectivity index (χ1v) is 6.52. The summed E-state index contributed by atoms with van der Waals surface area (Å²) in [6, 6.07) is -0.0877.